The number of aliphatic imine (C=N–C) groups is 1. The quantitative estimate of drug-likeness (QED) is 0.309. The molecule has 0 aliphatic heterocycles. The van der Waals surface area contributed by atoms with E-state index < -0.39 is 18.1 Å². The van der Waals surface area contributed by atoms with Gasteiger partial charge in [0.25, 0.3) is 5.91 Å². The molecule has 10 heteroatoms. The molecule has 0 aromatic heterocycles. The highest BCUT2D eigenvalue weighted by Gasteiger charge is 2.30. The fraction of sp³-hybridized carbons (Fsp3) is 0.176. The number of ether oxygens (including phenoxy) is 1. The van der Waals surface area contributed by atoms with Gasteiger partial charge in [0.2, 0.25) is 0 Å². The maximum atomic E-state index is 13.4. The number of carbonyl (C=O) groups excluding carboxylic acids is 1. The summed E-state index contributed by atoms with van der Waals surface area (Å²) in [7, 11) is 0. The van der Waals surface area contributed by atoms with Gasteiger partial charge in [0.1, 0.15) is 11.6 Å². The summed E-state index contributed by atoms with van der Waals surface area (Å²) in [5.41, 5.74) is 5.98. The third-order valence-corrected chi connectivity index (χ3v) is 3.16. The SMILES string of the molecule is NC(=NCCNC(=O)c1ccccc1F)Nc1ccc(OC(F)(F)F)cc1. The molecule has 0 aliphatic rings. The minimum absolute atomic E-state index is 0.000342. The van der Waals surface area contributed by atoms with Crippen LogP contribution in [-0.2, 0) is 0 Å². The molecule has 0 spiro atoms. The molecule has 0 saturated carbocycles. The zero-order valence-electron chi connectivity index (χ0n) is 13.9. The zero-order valence-corrected chi connectivity index (χ0v) is 13.9. The van der Waals surface area contributed by atoms with E-state index in [0.717, 1.165) is 12.1 Å². The first kappa shape index (κ1) is 20.0. The van der Waals surface area contributed by atoms with Crippen LogP contribution in [0.2, 0.25) is 0 Å². The zero-order chi connectivity index (χ0) is 19.9. The minimum Gasteiger partial charge on any atom is -0.406 e. The molecule has 0 fully saturated rings. The summed E-state index contributed by atoms with van der Waals surface area (Å²) in [6, 6.07) is 10.5. The van der Waals surface area contributed by atoms with Crippen LogP contribution in [0, 0.1) is 5.82 Å². The van der Waals surface area contributed by atoms with Crippen molar-refractivity contribution in [3.05, 3.63) is 59.9 Å². The Labute approximate surface area is 152 Å². The number of alkyl halides is 3. The molecular weight excluding hydrogens is 368 g/mol. The predicted molar refractivity (Wildman–Crippen MR) is 92.0 cm³/mol. The highest BCUT2D eigenvalue weighted by atomic mass is 19.4. The van der Waals surface area contributed by atoms with Gasteiger partial charge in [-0.15, -0.1) is 13.2 Å². The van der Waals surface area contributed by atoms with Crippen LogP contribution in [0.15, 0.2) is 53.5 Å². The highest BCUT2D eigenvalue weighted by molar-refractivity contribution is 5.94. The largest absolute Gasteiger partial charge is 0.573 e. The van der Waals surface area contributed by atoms with Crippen LogP contribution in [-0.4, -0.2) is 31.3 Å². The summed E-state index contributed by atoms with van der Waals surface area (Å²) in [5, 5.41) is 5.17. The Balaban J connectivity index is 1.79. The summed E-state index contributed by atoms with van der Waals surface area (Å²) >= 11 is 0. The van der Waals surface area contributed by atoms with Gasteiger partial charge in [-0.1, -0.05) is 12.1 Å². The monoisotopic (exact) mass is 384 g/mol. The lowest BCUT2D eigenvalue weighted by molar-refractivity contribution is -0.274. The van der Waals surface area contributed by atoms with Gasteiger partial charge in [0.15, 0.2) is 5.96 Å². The lowest BCUT2D eigenvalue weighted by Crippen LogP contribution is -2.29. The van der Waals surface area contributed by atoms with Crippen molar-refractivity contribution in [2.75, 3.05) is 18.4 Å². The number of rotatable bonds is 6. The molecule has 0 unspecified atom stereocenters. The Bertz CT molecular complexity index is 807. The fourth-order valence-corrected chi connectivity index (χ4v) is 2.01. The Kier molecular flexibility index (Phi) is 6.58. The number of hydrogen-bond acceptors (Lipinski definition) is 3. The molecule has 0 saturated heterocycles. The Hall–Kier alpha value is -3.30. The molecule has 0 bridgehead atoms. The van der Waals surface area contributed by atoms with E-state index in [0.29, 0.717) is 5.69 Å². The second-order valence-electron chi connectivity index (χ2n) is 5.20. The van der Waals surface area contributed by atoms with Crippen molar-refractivity contribution in [1.82, 2.24) is 5.32 Å². The normalized spacial score (nSPS) is 11.8. The fourth-order valence-electron chi connectivity index (χ4n) is 2.01. The molecule has 4 N–H and O–H groups in total. The second kappa shape index (κ2) is 8.88. The molecule has 144 valence electrons. The third kappa shape index (κ3) is 6.84. The topological polar surface area (TPSA) is 88.7 Å². The van der Waals surface area contributed by atoms with Crippen molar-refractivity contribution in [3.63, 3.8) is 0 Å². The first-order valence-corrected chi connectivity index (χ1v) is 7.70. The van der Waals surface area contributed by atoms with E-state index in [-0.39, 0.29) is 30.4 Å². The molecule has 2 aromatic carbocycles. The van der Waals surface area contributed by atoms with E-state index in [2.05, 4.69) is 20.4 Å². The molecule has 2 rings (SSSR count). The number of amides is 1. The van der Waals surface area contributed by atoms with Crippen molar-refractivity contribution in [2.24, 2.45) is 10.7 Å². The van der Waals surface area contributed by atoms with Gasteiger partial charge < -0.3 is 21.1 Å². The molecule has 0 heterocycles. The number of halogens is 4. The van der Waals surface area contributed by atoms with Gasteiger partial charge in [0.05, 0.1) is 12.1 Å². The summed E-state index contributed by atoms with van der Waals surface area (Å²) in [4.78, 5) is 15.7. The number of nitrogens with two attached hydrogens (primary N) is 1. The Morgan fingerprint density at radius 1 is 1.11 bits per heavy atom. The molecular formula is C17H16F4N4O2. The molecule has 6 nitrogen and oxygen atoms in total. The lowest BCUT2D eigenvalue weighted by atomic mass is 10.2. The molecule has 0 atom stereocenters. The van der Waals surface area contributed by atoms with E-state index in [1.54, 1.807) is 6.07 Å². The van der Waals surface area contributed by atoms with E-state index in [1.165, 1.54) is 30.3 Å². The number of carbonyl (C=O) groups is 1. The number of guanidine groups is 1. The number of anilines is 1. The van der Waals surface area contributed by atoms with Gasteiger partial charge in [-0.25, -0.2) is 4.39 Å². The number of benzene rings is 2. The van der Waals surface area contributed by atoms with Crippen LogP contribution in [0.25, 0.3) is 0 Å². The van der Waals surface area contributed by atoms with Crippen LogP contribution in [0.4, 0.5) is 23.2 Å². The standard InChI is InChI=1S/C17H16F4N4O2/c18-14-4-2-1-3-13(14)15(26)23-9-10-24-16(22)25-11-5-7-12(8-6-11)27-17(19,20)21/h1-8H,9-10H2,(H,23,26)(H3,22,24,25). The van der Waals surface area contributed by atoms with Crippen molar-refractivity contribution < 1.29 is 27.1 Å². The van der Waals surface area contributed by atoms with Gasteiger partial charge in [-0.2, -0.15) is 0 Å². The van der Waals surface area contributed by atoms with Crippen LogP contribution < -0.4 is 21.1 Å². The summed E-state index contributed by atoms with van der Waals surface area (Å²) in [6.45, 7) is 0.238. The minimum atomic E-state index is -4.76. The van der Waals surface area contributed by atoms with Crippen molar-refractivity contribution >= 4 is 17.6 Å². The van der Waals surface area contributed by atoms with Crippen LogP contribution in [0.1, 0.15) is 10.4 Å². The third-order valence-electron chi connectivity index (χ3n) is 3.16. The summed E-state index contributed by atoms with van der Waals surface area (Å²) in [5.74, 6) is -1.56. The van der Waals surface area contributed by atoms with E-state index in [9.17, 15) is 22.4 Å². The Morgan fingerprint density at radius 3 is 2.41 bits per heavy atom. The average molecular weight is 384 g/mol. The molecule has 27 heavy (non-hydrogen) atoms. The van der Waals surface area contributed by atoms with Crippen molar-refractivity contribution in [1.29, 1.82) is 0 Å². The summed E-state index contributed by atoms with van der Waals surface area (Å²) < 4.78 is 53.5. The van der Waals surface area contributed by atoms with Gasteiger partial charge in [-0.05, 0) is 36.4 Å². The van der Waals surface area contributed by atoms with Gasteiger partial charge >= 0.3 is 6.36 Å². The van der Waals surface area contributed by atoms with Crippen LogP contribution >= 0.6 is 0 Å². The smallest absolute Gasteiger partial charge is 0.406 e. The second-order valence-corrected chi connectivity index (χ2v) is 5.20. The number of nitrogens with zero attached hydrogens (tertiary/aromatic N) is 1. The molecule has 0 radical (unpaired) electrons. The van der Waals surface area contributed by atoms with E-state index >= 15 is 0 Å². The summed E-state index contributed by atoms with van der Waals surface area (Å²) in [6.07, 6.45) is -4.76. The molecule has 0 aliphatic carbocycles. The Morgan fingerprint density at radius 2 is 1.78 bits per heavy atom. The van der Waals surface area contributed by atoms with Crippen LogP contribution in [0.3, 0.4) is 0 Å². The van der Waals surface area contributed by atoms with Crippen molar-refractivity contribution in [2.45, 2.75) is 6.36 Å². The highest BCUT2D eigenvalue weighted by Crippen LogP contribution is 2.23. The maximum absolute atomic E-state index is 13.4. The first-order chi connectivity index (χ1) is 12.7. The maximum Gasteiger partial charge on any atom is 0.573 e. The number of hydrogen-bond donors (Lipinski definition) is 3. The average Bonchev–Trinajstić information content (AvgIpc) is 2.59. The predicted octanol–water partition coefficient (Wildman–Crippen LogP) is 2.88. The molecule has 2 aromatic rings. The first-order valence-electron chi connectivity index (χ1n) is 7.70. The van der Waals surface area contributed by atoms with E-state index in [1.807, 2.05) is 0 Å². The van der Waals surface area contributed by atoms with E-state index in [4.69, 9.17) is 5.73 Å². The lowest BCUT2D eigenvalue weighted by Gasteiger charge is -2.10. The number of nitrogens with one attached hydrogen (secondary N) is 2. The molecule has 1 amide bonds. The van der Waals surface area contributed by atoms with Crippen LogP contribution in [0.5, 0.6) is 5.75 Å². The van der Waals surface area contributed by atoms with Gasteiger partial charge in [-0.3, -0.25) is 9.79 Å². The van der Waals surface area contributed by atoms with Crippen molar-refractivity contribution in [3.8, 4) is 5.75 Å². The van der Waals surface area contributed by atoms with Gasteiger partial charge in [0, 0.05) is 12.2 Å².